The van der Waals surface area contributed by atoms with Crippen molar-refractivity contribution in [2.24, 2.45) is 0 Å². The second kappa shape index (κ2) is 4.60. The lowest BCUT2D eigenvalue weighted by Gasteiger charge is -2.16. The molecular formula is C6H14Cl2OSi. The fraction of sp³-hybridized carbons (Fsp3) is 1.00. The zero-order valence-corrected chi connectivity index (χ0v) is 9.17. The number of alkyl halides is 1. The van der Waals surface area contributed by atoms with E-state index in [1.807, 2.05) is 13.5 Å². The van der Waals surface area contributed by atoms with E-state index in [9.17, 15) is 0 Å². The number of rotatable bonds is 4. The first kappa shape index (κ1) is 10.8. The summed E-state index contributed by atoms with van der Waals surface area (Å²) >= 11 is 11.8. The average molecular weight is 201 g/mol. The number of hydrogen-bond acceptors (Lipinski definition) is 1. The lowest BCUT2D eigenvalue weighted by Crippen LogP contribution is -2.25. The largest absolute Gasteiger partial charge is 0.407 e. The molecule has 0 aliphatic rings. The van der Waals surface area contributed by atoms with Gasteiger partial charge >= 0.3 is 0 Å². The van der Waals surface area contributed by atoms with Gasteiger partial charge in [-0.1, -0.05) is 0 Å². The molecule has 0 rings (SSSR count). The van der Waals surface area contributed by atoms with E-state index in [2.05, 4.69) is 0 Å². The molecule has 0 aliphatic carbocycles. The minimum Gasteiger partial charge on any atom is -0.407 e. The topological polar surface area (TPSA) is 9.23 Å². The highest BCUT2D eigenvalue weighted by atomic mass is 35.6. The smallest absolute Gasteiger partial charge is 0.286 e. The SMILES string of the molecule is CO[Si](C)(Cl)CCC(C)Cl. The van der Waals surface area contributed by atoms with Gasteiger partial charge in [0.25, 0.3) is 7.63 Å². The molecular weight excluding hydrogens is 187 g/mol. The summed E-state index contributed by atoms with van der Waals surface area (Å²) in [6.45, 7) is 3.95. The molecule has 1 nitrogen and oxygen atoms in total. The van der Waals surface area contributed by atoms with Crippen LogP contribution in [0.1, 0.15) is 13.3 Å². The summed E-state index contributed by atoms with van der Waals surface area (Å²) in [5.41, 5.74) is 0. The third-order valence-corrected chi connectivity index (χ3v) is 4.70. The van der Waals surface area contributed by atoms with Gasteiger partial charge < -0.3 is 4.43 Å². The van der Waals surface area contributed by atoms with Crippen LogP contribution in [-0.2, 0) is 4.43 Å². The van der Waals surface area contributed by atoms with E-state index in [1.165, 1.54) is 0 Å². The van der Waals surface area contributed by atoms with Crippen LogP contribution in [0.3, 0.4) is 0 Å². The highest BCUT2D eigenvalue weighted by Crippen LogP contribution is 2.20. The monoisotopic (exact) mass is 200 g/mol. The van der Waals surface area contributed by atoms with Gasteiger partial charge in [-0.15, -0.1) is 22.7 Å². The molecule has 0 saturated carbocycles. The molecule has 0 aromatic rings. The lowest BCUT2D eigenvalue weighted by atomic mass is 10.4. The Hall–Kier alpha value is 0.757. The van der Waals surface area contributed by atoms with Crippen LogP contribution in [0.15, 0.2) is 0 Å². The van der Waals surface area contributed by atoms with Crippen LogP contribution in [0, 0.1) is 0 Å². The van der Waals surface area contributed by atoms with E-state index in [1.54, 1.807) is 7.11 Å². The summed E-state index contributed by atoms with van der Waals surface area (Å²) in [5, 5.41) is 0.209. The van der Waals surface area contributed by atoms with E-state index in [4.69, 9.17) is 27.1 Å². The summed E-state index contributed by atoms with van der Waals surface area (Å²) in [5.74, 6) is 0. The quantitative estimate of drug-likeness (QED) is 0.386. The summed E-state index contributed by atoms with van der Waals surface area (Å²) in [4.78, 5) is 0. The highest BCUT2D eigenvalue weighted by molar-refractivity contribution is 7.16. The van der Waals surface area contributed by atoms with Crippen LogP contribution >= 0.6 is 22.7 Å². The summed E-state index contributed by atoms with van der Waals surface area (Å²) in [7, 11) is -0.187. The van der Waals surface area contributed by atoms with E-state index in [-0.39, 0.29) is 5.38 Å². The Bertz CT molecular complexity index is 95.7. The van der Waals surface area contributed by atoms with Crippen LogP contribution in [0.5, 0.6) is 0 Å². The fourth-order valence-electron chi connectivity index (χ4n) is 0.559. The van der Waals surface area contributed by atoms with Crippen molar-refractivity contribution >= 4 is 30.3 Å². The maximum atomic E-state index is 6.02. The Labute approximate surface area is 73.5 Å². The molecule has 0 spiro atoms. The molecule has 4 heteroatoms. The molecule has 62 valence electrons. The first-order valence-corrected chi connectivity index (χ1v) is 7.42. The summed E-state index contributed by atoms with van der Waals surface area (Å²) < 4.78 is 5.13. The van der Waals surface area contributed by atoms with Crippen molar-refractivity contribution in [1.82, 2.24) is 0 Å². The van der Waals surface area contributed by atoms with Crippen molar-refractivity contribution in [1.29, 1.82) is 0 Å². The fourth-order valence-corrected chi connectivity index (χ4v) is 2.33. The van der Waals surface area contributed by atoms with Crippen molar-refractivity contribution in [2.45, 2.75) is 31.3 Å². The Balaban J connectivity index is 3.46. The van der Waals surface area contributed by atoms with Crippen molar-refractivity contribution in [3.8, 4) is 0 Å². The molecule has 2 atom stereocenters. The Morgan fingerprint density at radius 1 is 1.60 bits per heavy atom. The van der Waals surface area contributed by atoms with Crippen LogP contribution in [-0.4, -0.2) is 20.1 Å². The molecule has 0 aliphatic heterocycles. The van der Waals surface area contributed by atoms with Gasteiger partial charge in [-0.25, -0.2) is 0 Å². The predicted octanol–water partition coefficient (Wildman–Crippen LogP) is 2.96. The Kier molecular flexibility index (Phi) is 4.95. The first-order valence-electron chi connectivity index (χ1n) is 3.36. The maximum absolute atomic E-state index is 6.02. The zero-order valence-electron chi connectivity index (χ0n) is 6.66. The van der Waals surface area contributed by atoms with Crippen LogP contribution in [0.4, 0.5) is 0 Å². The van der Waals surface area contributed by atoms with Crippen molar-refractivity contribution in [3.05, 3.63) is 0 Å². The molecule has 0 saturated heterocycles. The zero-order chi connectivity index (χ0) is 8.20. The third kappa shape index (κ3) is 5.53. The number of halogens is 2. The molecule has 0 amide bonds. The number of hydrogen-bond donors (Lipinski definition) is 0. The average Bonchev–Trinajstić information content (AvgIpc) is 1.85. The molecule has 0 radical (unpaired) electrons. The van der Waals surface area contributed by atoms with E-state index in [0.717, 1.165) is 12.5 Å². The molecule has 0 bridgehead atoms. The molecule has 0 aromatic heterocycles. The molecule has 0 aromatic carbocycles. The third-order valence-electron chi connectivity index (χ3n) is 1.41. The minimum atomic E-state index is -1.85. The van der Waals surface area contributed by atoms with Crippen molar-refractivity contribution < 1.29 is 4.43 Å². The van der Waals surface area contributed by atoms with Gasteiger partial charge in [0.15, 0.2) is 0 Å². The van der Waals surface area contributed by atoms with Crippen molar-refractivity contribution in [3.63, 3.8) is 0 Å². The van der Waals surface area contributed by atoms with Gasteiger partial charge in [0.1, 0.15) is 0 Å². The molecule has 10 heavy (non-hydrogen) atoms. The second-order valence-corrected chi connectivity index (χ2v) is 8.88. The summed E-state index contributed by atoms with van der Waals surface area (Å²) in [6, 6.07) is 0.926. The Morgan fingerprint density at radius 3 is 2.40 bits per heavy atom. The molecule has 0 fully saturated rings. The molecule has 0 heterocycles. The summed E-state index contributed by atoms with van der Waals surface area (Å²) in [6.07, 6.45) is 0.946. The molecule has 0 N–H and O–H groups in total. The standard InChI is InChI=1S/C6H14Cl2OSi/c1-6(7)4-5-10(3,8)9-2/h6H,4-5H2,1-3H3. The minimum absolute atomic E-state index is 0.209. The second-order valence-electron chi connectivity index (χ2n) is 2.63. The van der Waals surface area contributed by atoms with E-state index >= 15 is 0 Å². The maximum Gasteiger partial charge on any atom is 0.286 e. The predicted molar refractivity (Wildman–Crippen MR) is 49.2 cm³/mol. The van der Waals surface area contributed by atoms with Crippen LogP contribution in [0.25, 0.3) is 0 Å². The Morgan fingerprint density at radius 2 is 2.10 bits per heavy atom. The van der Waals surface area contributed by atoms with Gasteiger partial charge in [-0.2, -0.15) is 0 Å². The highest BCUT2D eigenvalue weighted by Gasteiger charge is 2.24. The van der Waals surface area contributed by atoms with E-state index < -0.39 is 7.63 Å². The first-order chi connectivity index (χ1) is 4.48. The van der Waals surface area contributed by atoms with Gasteiger partial charge in [0.05, 0.1) is 0 Å². The van der Waals surface area contributed by atoms with Crippen LogP contribution < -0.4 is 0 Å². The normalized spacial score (nSPS) is 20.1. The van der Waals surface area contributed by atoms with Gasteiger partial charge in [-0.3, -0.25) is 0 Å². The van der Waals surface area contributed by atoms with Gasteiger partial charge in [0.2, 0.25) is 0 Å². The lowest BCUT2D eigenvalue weighted by molar-refractivity contribution is 0.414. The van der Waals surface area contributed by atoms with Crippen molar-refractivity contribution in [2.75, 3.05) is 7.11 Å². The van der Waals surface area contributed by atoms with Crippen LogP contribution in [0.2, 0.25) is 12.6 Å². The van der Waals surface area contributed by atoms with Gasteiger partial charge in [-0.05, 0) is 25.9 Å². The van der Waals surface area contributed by atoms with Gasteiger partial charge in [0, 0.05) is 12.5 Å². The molecule has 2 unspecified atom stereocenters. The van der Waals surface area contributed by atoms with E-state index in [0.29, 0.717) is 0 Å².